The van der Waals surface area contributed by atoms with E-state index in [-0.39, 0.29) is 5.92 Å². The van der Waals surface area contributed by atoms with Crippen molar-refractivity contribution >= 4 is 33.3 Å². The largest absolute Gasteiger partial charge is 0.481 e. The van der Waals surface area contributed by atoms with E-state index in [4.69, 9.17) is 5.11 Å². The van der Waals surface area contributed by atoms with Crippen molar-refractivity contribution in [3.05, 3.63) is 16.8 Å². The van der Waals surface area contributed by atoms with Crippen molar-refractivity contribution in [3.8, 4) is 0 Å². The highest BCUT2D eigenvalue weighted by Crippen LogP contribution is 2.34. The summed E-state index contributed by atoms with van der Waals surface area (Å²) in [7, 11) is 0. The molecule has 3 rings (SSSR count). The van der Waals surface area contributed by atoms with Crippen LogP contribution in [0, 0.1) is 19.8 Å². The van der Waals surface area contributed by atoms with Crippen molar-refractivity contribution in [2.75, 3.05) is 18.0 Å². The molecule has 1 fully saturated rings. The number of thiophene rings is 1. The second-order valence-electron chi connectivity index (χ2n) is 4.63. The van der Waals surface area contributed by atoms with Crippen LogP contribution >= 0.6 is 11.3 Å². The standard InChI is InChI=1S/C12H13N3O2S/c1-6-5-18-11-9(6)10(13-7(2)14-11)15-3-8(4-15)12(16)17/h5,8H,3-4H2,1-2H3,(H,16,17). The molecule has 1 aliphatic heterocycles. The first kappa shape index (κ1) is 11.4. The number of rotatable bonds is 2. The zero-order chi connectivity index (χ0) is 12.9. The van der Waals surface area contributed by atoms with Crippen molar-refractivity contribution in [3.63, 3.8) is 0 Å². The normalized spacial score (nSPS) is 16.0. The van der Waals surface area contributed by atoms with Crippen molar-refractivity contribution < 1.29 is 9.90 Å². The second kappa shape index (κ2) is 3.91. The molecule has 0 atom stereocenters. The molecule has 0 saturated carbocycles. The lowest BCUT2D eigenvalue weighted by Crippen LogP contribution is -2.51. The lowest BCUT2D eigenvalue weighted by molar-refractivity contribution is -0.142. The third kappa shape index (κ3) is 1.64. The van der Waals surface area contributed by atoms with Crippen LogP contribution in [-0.2, 0) is 4.79 Å². The predicted molar refractivity (Wildman–Crippen MR) is 70.2 cm³/mol. The minimum atomic E-state index is -0.727. The first-order valence-electron chi connectivity index (χ1n) is 5.76. The molecule has 0 radical (unpaired) electrons. The molecule has 1 N–H and O–H groups in total. The van der Waals surface area contributed by atoms with Gasteiger partial charge in [-0.2, -0.15) is 0 Å². The van der Waals surface area contributed by atoms with E-state index in [0.29, 0.717) is 13.1 Å². The summed E-state index contributed by atoms with van der Waals surface area (Å²) in [5.41, 5.74) is 1.16. The second-order valence-corrected chi connectivity index (χ2v) is 5.49. The summed E-state index contributed by atoms with van der Waals surface area (Å²) in [5, 5.41) is 12.1. The van der Waals surface area contributed by atoms with Gasteiger partial charge in [-0.25, -0.2) is 9.97 Å². The molecular weight excluding hydrogens is 250 g/mol. The van der Waals surface area contributed by atoms with Crippen LogP contribution in [0.15, 0.2) is 5.38 Å². The van der Waals surface area contributed by atoms with E-state index in [9.17, 15) is 4.79 Å². The van der Waals surface area contributed by atoms with Gasteiger partial charge in [0.1, 0.15) is 16.5 Å². The minimum absolute atomic E-state index is 0.269. The van der Waals surface area contributed by atoms with Gasteiger partial charge >= 0.3 is 5.97 Å². The molecule has 2 aromatic rings. The molecule has 1 aliphatic rings. The average Bonchev–Trinajstić information content (AvgIpc) is 2.57. The Morgan fingerprint density at radius 3 is 2.83 bits per heavy atom. The van der Waals surface area contributed by atoms with E-state index in [0.717, 1.165) is 27.4 Å². The monoisotopic (exact) mass is 263 g/mol. The highest BCUT2D eigenvalue weighted by Gasteiger charge is 2.34. The first-order chi connectivity index (χ1) is 8.56. The van der Waals surface area contributed by atoms with Crippen LogP contribution in [0.4, 0.5) is 5.82 Å². The summed E-state index contributed by atoms with van der Waals surface area (Å²) in [5.74, 6) is 0.622. The molecule has 0 bridgehead atoms. The Kier molecular flexibility index (Phi) is 2.48. The van der Waals surface area contributed by atoms with Gasteiger partial charge in [-0.05, 0) is 24.8 Å². The molecule has 2 aromatic heterocycles. The number of nitrogens with zero attached hydrogens (tertiary/aromatic N) is 3. The van der Waals surface area contributed by atoms with E-state index < -0.39 is 5.97 Å². The van der Waals surface area contributed by atoms with E-state index >= 15 is 0 Å². The Morgan fingerprint density at radius 2 is 2.17 bits per heavy atom. The van der Waals surface area contributed by atoms with Gasteiger partial charge < -0.3 is 10.0 Å². The van der Waals surface area contributed by atoms with E-state index in [1.54, 1.807) is 11.3 Å². The molecule has 0 aromatic carbocycles. The summed E-state index contributed by atoms with van der Waals surface area (Å²) in [4.78, 5) is 22.7. The number of anilines is 1. The van der Waals surface area contributed by atoms with E-state index in [1.165, 1.54) is 0 Å². The lowest BCUT2D eigenvalue weighted by atomic mass is 10.00. The van der Waals surface area contributed by atoms with Gasteiger partial charge in [0.25, 0.3) is 0 Å². The number of aryl methyl sites for hydroxylation is 2. The molecule has 0 amide bonds. The Balaban J connectivity index is 2.02. The van der Waals surface area contributed by atoms with E-state index in [1.807, 2.05) is 18.7 Å². The Labute approximate surface area is 108 Å². The molecule has 3 heterocycles. The number of aromatic nitrogens is 2. The van der Waals surface area contributed by atoms with Gasteiger partial charge in [0, 0.05) is 13.1 Å². The number of aliphatic carboxylic acids is 1. The number of carboxylic acid groups (broad SMARTS) is 1. The molecule has 0 aliphatic carbocycles. The smallest absolute Gasteiger partial charge is 0.310 e. The van der Waals surface area contributed by atoms with Gasteiger partial charge in [0.2, 0.25) is 0 Å². The molecule has 5 nitrogen and oxygen atoms in total. The lowest BCUT2D eigenvalue weighted by Gasteiger charge is -2.38. The third-order valence-electron chi connectivity index (χ3n) is 3.24. The van der Waals surface area contributed by atoms with Crippen LogP contribution in [0.2, 0.25) is 0 Å². The summed E-state index contributed by atoms with van der Waals surface area (Å²) < 4.78 is 0. The zero-order valence-electron chi connectivity index (χ0n) is 10.2. The fourth-order valence-corrected chi connectivity index (χ4v) is 3.16. The number of hydrogen-bond acceptors (Lipinski definition) is 5. The molecule has 94 valence electrons. The van der Waals surface area contributed by atoms with Gasteiger partial charge in [-0.15, -0.1) is 11.3 Å². The van der Waals surface area contributed by atoms with Gasteiger partial charge in [0.05, 0.1) is 11.3 Å². The highest BCUT2D eigenvalue weighted by molar-refractivity contribution is 7.17. The van der Waals surface area contributed by atoms with Crippen molar-refractivity contribution in [2.45, 2.75) is 13.8 Å². The Morgan fingerprint density at radius 1 is 1.44 bits per heavy atom. The quantitative estimate of drug-likeness (QED) is 0.895. The number of hydrogen-bond donors (Lipinski definition) is 1. The van der Waals surface area contributed by atoms with Crippen LogP contribution in [0.5, 0.6) is 0 Å². The maximum absolute atomic E-state index is 10.8. The summed E-state index contributed by atoms with van der Waals surface area (Å²) in [6.45, 7) is 4.98. The minimum Gasteiger partial charge on any atom is -0.481 e. The molecular formula is C12H13N3O2S. The SMILES string of the molecule is Cc1nc(N2CC(C(=O)O)C2)c2c(C)csc2n1. The highest BCUT2D eigenvalue weighted by atomic mass is 32.1. The van der Waals surface area contributed by atoms with Gasteiger partial charge in [0.15, 0.2) is 0 Å². The van der Waals surface area contributed by atoms with Crippen LogP contribution < -0.4 is 4.90 Å². The molecule has 18 heavy (non-hydrogen) atoms. The maximum atomic E-state index is 10.8. The molecule has 0 unspecified atom stereocenters. The fraction of sp³-hybridized carbons (Fsp3) is 0.417. The number of carboxylic acids is 1. The predicted octanol–water partition coefficient (Wildman–Crippen LogP) is 1.83. The fourth-order valence-electron chi connectivity index (χ4n) is 2.20. The summed E-state index contributed by atoms with van der Waals surface area (Å²) in [6.07, 6.45) is 0. The van der Waals surface area contributed by atoms with Crippen molar-refractivity contribution in [1.82, 2.24) is 9.97 Å². The Hall–Kier alpha value is -1.69. The number of fused-ring (bicyclic) bond motifs is 1. The van der Waals surface area contributed by atoms with Crippen LogP contribution in [0.1, 0.15) is 11.4 Å². The molecule has 6 heteroatoms. The van der Waals surface area contributed by atoms with Gasteiger partial charge in [-0.1, -0.05) is 0 Å². The number of carbonyl (C=O) groups is 1. The summed E-state index contributed by atoms with van der Waals surface area (Å²) in [6, 6.07) is 0. The van der Waals surface area contributed by atoms with Crippen molar-refractivity contribution in [2.24, 2.45) is 5.92 Å². The van der Waals surface area contributed by atoms with Crippen LogP contribution in [0.25, 0.3) is 10.2 Å². The van der Waals surface area contributed by atoms with Gasteiger partial charge in [-0.3, -0.25) is 4.79 Å². The Bertz CT molecular complexity index is 632. The van der Waals surface area contributed by atoms with Crippen LogP contribution in [0.3, 0.4) is 0 Å². The maximum Gasteiger partial charge on any atom is 0.310 e. The van der Waals surface area contributed by atoms with Crippen LogP contribution in [-0.4, -0.2) is 34.1 Å². The van der Waals surface area contributed by atoms with E-state index in [2.05, 4.69) is 15.3 Å². The summed E-state index contributed by atoms with van der Waals surface area (Å²) >= 11 is 1.61. The molecule has 1 saturated heterocycles. The average molecular weight is 263 g/mol. The molecule has 0 spiro atoms. The van der Waals surface area contributed by atoms with Crippen molar-refractivity contribution in [1.29, 1.82) is 0 Å². The topological polar surface area (TPSA) is 66.3 Å². The third-order valence-corrected chi connectivity index (χ3v) is 4.23. The first-order valence-corrected chi connectivity index (χ1v) is 6.64. The zero-order valence-corrected chi connectivity index (χ0v) is 11.0.